The van der Waals surface area contributed by atoms with Crippen LogP contribution in [0.2, 0.25) is 0 Å². The molecule has 1 saturated heterocycles. The molecule has 196 valence electrons. The summed E-state index contributed by atoms with van der Waals surface area (Å²) in [5.41, 5.74) is 3.83. The molecule has 0 N–H and O–H groups in total. The summed E-state index contributed by atoms with van der Waals surface area (Å²) in [5.74, 6) is 1.45. The Hall–Kier alpha value is -3.94. The van der Waals surface area contributed by atoms with Crippen molar-refractivity contribution in [2.45, 2.75) is 20.4 Å². The molecule has 0 aliphatic carbocycles. The topological polar surface area (TPSA) is 63.0 Å². The fraction of sp³-hybridized carbons (Fsp3) is 0.290. The molecule has 4 aromatic rings. The van der Waals surface area contributed by atoms with E-state index >= 15 is 0 Å². The van der Waals surface area contributed by atoms with Crippen molar-refractivity contribution < 1.29 is 18.5 Å². The standard InChI is InChI=1S/C31H34N3O4/c1-22-29(36)26-14-10-13-25(31(26)38-30(22)24-11-6-5-7-12-24)21-34(3,23(2)35)33-19-17-32(18-20-33)27-15-8-9-16-28(27)37-4/h5-16H,17-21H2,1-4H3/q+1. The number of fused-ring (bicyclic) bond motifs is 1. The first-order valence-corrected chi connectivity index (χ1v) is 12.9. The molecule has 1 atom stereocenters. The number of hydrogen-bond acceptors (Lipinski definition) is 6. The molecule has 1 amide bonds. The van der Waals surface area contributed by atoms with E-state index in [0.717, 1.165) is 35.7 Å². The first kappa shape index (κ1) is 25.7. The smallest absolute Gasteiger partial charge is 0.329 e. The van der Waals surface area contributed by atoms with Gasteiger partial charge in [0.25, 0.3) is 0 Å². The number of methoxy groups -OCH3 is 1. The van der Waals surface area contributed by atoms with Crippen LogP contribution in [0.15, 0.2) is 82.0 Å². The fourth-order valence-electron chi connectivity index (χ4n) is 5.37. The number of benzene rings is 3. The largest absolute Gasteiger partial charge is 0.495 e. The summed E-state index contributed by atoms with van der Waals surface area (Å²) in [7, 11) is 3.64. The predicted molar refractivity (Wildman–Crippen MR) is 150 cm³/mol. The van der Waals surface area contributed by atoms with E-state index in [1.165, 1.54) is 0 Å². The van der Waals surface area contributed by atoms with Gasteiger partial charge in [-0.1, -0.05) is 48.5 Å². The minimum absolute atomic E-state index is 0.0329. The van der Waals surface area contributed by atoms with Gasteiger partial charge in [-0.2, -0.15) is 4.59 Å². The van der Waals surface area contributed by atoms with Gasteiger partial charge < -0.3 is 14.1 Å². The monoisotopic (exact) mass is 512 g/mol. The molecule has 7 nitrogen and oxygen atoms in total. The second-order valence-electron chi connectivity index (χ2n) is 9.97. The van der Waals surface area contributed by atoms with E-state index in [0.29, 0.717) is 41.9 Å². The van der Waals surface area contributed by atoms with E-state index in [4.69, 9.17) is 9.15 Å². The van der Waals surface area contributed by atoms with E-state index < -0.39 is 0 Å². The van der Waals surface area contributed by atoms with Gasteiger partial charge in [-0.05, 0) is 31.2 Å². The molecule has 0 saturated carbocycles. The maximum absolute atomic E-state index is 13.3. The zero-order chi connectivity index (χ0) is 26.9. The molecular weight excluding hydrogens is 478 g/mol. The highest BCUT2D eigenvalue weighted by Gasteiger charge is 2.39. The highest BCUT2D eigenvalue weighted by molar-refractivity contribution is 5.83. The quantitative estimate of drug-likeness (QED) is 0.339. The van der Waals surface area contributed by atoms with Crippen molar-refractivity contribution in [2.24, 2.45) is 0 Å². The SMILES string of the molecule is COc1ccccc1N1CCN([N+](C)(Cc2cccc3c(=O)c(C)c(-c4ccccc4)oc23)C(C)=O)CC1. The lowest BCUT2D eigenvalue weighted by Crippen LogP contribution is -2.64. The van der Waals surface area contributed by atoms with Crippen LogP contribution in [0, 0.1) is 6.92 Å². The molecular formula is C31H34N3O4+. The van der Waals surface area contributed by atoms with Gasteiger partial charge in [0.1, 0.15) is 23.6 Å². The van der Waals surface area contributed by atoms with E-state index in [-0.39, 0.29) is 15.9 Å². The van der Waals surface area contributed by atoms with Crippen LogP contribution in [0.4, 0.5) is 5.69 Å². The molecule has 1 aromatic heterocycles. The van der Waals surface area contributed by atoms with Crippen molar-refractivity contribution in [3.05, 3.63) is 94.1 Å². The van der Waals surface area contributed by atoms with E-state index in [1.54, 1.807) is 27.0 Å². The van der Waals surface area contributed by atoms with Gasteiger partial charge in [-0.15, -0.1) is 5.01 Å². The summed E-state index contributed by atoms with van der Waals surface area (Å²) in [5, 5.41) is 2.74. The summed E-state index contributed by atoms with van der Waals surface area (Å²) >= 11 is 0. The summed E-state index contributed by atoms with van der Waals surface area (Å²) < 4.78 is 12.1. The first-order chi connectivity index (χ1) is 18.3. The van der Waals surface area contributed by atoms with E-state index in [1.807, 2.05) is 67.7 Å². The average molecular weight is 513 g/mol. The van der Waals surface area contributed by atoms with Gasteiger partial charge in [0.2, 0.25) is 0 Å². The zero-order valence-corrected chi connectivity index (χ0v) is 22.4. The van der Waals surface area contributed by atoms with E-state index in [2.05, 4.69) is 16.0 Å². The number of amides is 1. The van der Waals surface area contributed by atoms with Crippen molar-refractivity contribution in [3.63, 3.8) is 0 Å². The molecule has 2 heterocycles. The molecule has 0 radical (unpaired) electrons. The first-order valence-electron chi connectivity index (χ1n) is 12.9. The maximum Gasteiger partial charge on any atom is 0.329 e. The average Bonchev–Trinajstić information content (AvgIpc) is 2.95. The van der Waals surface area contributed by atoms with Crippen LogP contribution >= 0.6 is 0 Å². The third kappa shape index (κ3) is 4.59. The van der Waals surface area contributed by atoms with Gasteiger partial charge in [-0.3, -0.25) is 4.79 Å². The van der Waals surface area contributed by atoms with Crippen LogP contribution in [-0.2, 0) is 11.3 Å². The van der Waals surface area contributed by atoms with Crippen molar-refractivity contribution in [1.82, 2.24) is 5.01 Å². The van der Waals surface area contributed by atoms with Crippen LogP contribution in [0.5, 0.6) is 5.75 Å². The van der Waals surface area contributed by atoms with Gasteiger partial charge in [0.15, 0.2) is 5.43 Å². The minimum atomic E-state index is -0.0468. The molecule has 3 aromatic carbocycles. The summed E-state index contributed by atoms with van der Waals surface area (Å²) in [4.78, 5) is 28.8. The Labute approximate surface area is 223 Å². The normalized spacial score (nSPS) is 15.8. The van der Waals surface area contributed by atoms with E-state index in [9.17, 15) is 9.59 Å². The highest BCUT2D eigenvalue weighted by atomic mass is 16.5. The Morgan fingerprint density at radius 1 is 0.947 bits per heavy atom. The summed E-state index contributed by atoms with van der Waals surface area (Å²) in [6.45, 7) is 6.77. The fourth-order valence-corrected chi connectivity index (χ4v) is 5.37. The molecule has 1 fully saturated rings. The number of carbonyl (C=O) groups excluding carboxylic acids is 1. The lowest BCUT2D eigenvalue weighted by Gasteiger charge is -2.45. The number of hydrogen-bond donors (Lipinski definition) is 0. The Morgan fingerprint density at radius 2 is 1.63 bits per heavy atom. The molecule has 0 bridgehead atoms. The van der Waals surface area contributed by atoms with Crippen molar-refractivity contribution in [3.8, 4) is 17.1 Å². The van der Waals surface area contributed by atoms with Crippen LogP contribution in [0.25, 0.3) is 22.3 Å². The lowest BCUT2D eigenvalue weighted by atomic mass is 10.0. The van der Waals surface area contributed by atoms with Crippen molar-refractivity contribution in [1.29, 1.82) is 0 Å². The zero-order valence-electron chi connectivity index (χ0n) is 22.4. The molecule has 1 aliphatic rings. The summed E-state index contributed by atoms with van der Waals surface area (Å²) in [6.07, 6.45) is 0. The number of anilines is 1. The van der Waals surface area contributed by atoms with Gasteiger partial charge in [0.05, 0.1) is 50.8 Å². The van der Waals surface area contributed by atoms with Crippen LogP contribution in [-0.4, -0.2) is 55.8 Å². The van der Waals surface area contributed by atoms with Gasteiger partial charge in [0, 0.05) is 24.2 Å². The second-order valence-corrected chi connectivity index (χ2v) is 9.97. The second kappa shape index (κ2) is 10.4. The molecule has 0 spiro atoms. The molecule has 1 aliphatic heterocycles. The van der Waals surface area contributed by atoms with Crippen LogP contribution < -0.4 is 15.1 Å². The molecule has 7 heteroatoms. The van der Waals surface area contributed by atoms with Crippen LogP contribution in [0.1, 0.15) is 18.1 Å². The molecule has 5 rings (SSSR count). The Bertz CT molecular complexity index is 1520. The Morgan fingerprint density at radius 3 is 2.32 bits per heavy atom. The number of quaternary nitrogens is 1. The van der Waals surface area contributed by atoms with Crippen molar-refractivity contribution >= 4 is 22.6 Å². The number of piperazine rings is 1. The molecule has 1 unspecified atom stereocenters. The lowest BCUT2D eigenvalue weighted by molar-refractivity contribution is -0.964. The highest BCUT2D eigenvalue weighted by Crippen LogP contribution is 2.32. The molecule has 38 heavy (non-hydrogen) atoms. The van der Waals surface area contributed by atoms with Crippen LogP contribution in [0.3, 0.4) is 0 Å². The number of rotatable bonds is 6. The number of carbonyl (C=O) groups is 1. The van der Waals surface area contributed by atoms with Gasteiger partial charge in [-0.25, -0.2) is 4.79 Å². The number of para-hydroxylation sites is 3. The Balaban J connectivity index is 1.48. The summed E-state index contributed by atoms with van der Waals surface area (Å²) in [6, 6.07) is 23.3. The maximum atomic E-state index is 13.3. The number of ether oxygens (including phenoxy) is 1. The van der Waals surface area contributed by atoms with Gasteiger partial charge >= 0.3 is 5.91 Å². The third-order valence-corrected chi connectivity index (χ3v) is 7.73. The minimum Gasteiger partial charge on any atom is -0.495 e. The Kier molecular flexibility index (Phi) is 7.06. The third-order valence-electron chi connectivity index (χ3n) is 7.73. The van der Waals surface area contributed by atoms with Crippen molar-refractivity contribution in [2.75, 3.05) is 45.2 Å². The number of nitrogens with zero attached hydrogens (tertiary/aromatic N) is 3. The predicted octanol–water partition coefficient (Wildman–Crippen LogP) is 5.01.